The van der Waals surface area contributed by atoms with Crippen LogP contribution >= 0.6 is 0 Å². The van der Waals surface area contributed by atoms with Crippen LogP contribution in [-0.4, -0.2) is 16.5 Å². The first kappa shape index (κ1) is 13.1. The maximum Gasteiger partial charge on any atom is 0.125 e. The Hall–Kier alpha value is -0.960. The lowest BCUT2D eigenvalue weighted by Gasteiger charge is -2.15. The SMILES string of the molecule is CCCCCNC(C)c1cnc(C)nc1C. The van der Waals surface area contributed by atoms with Crippen molar-refractivity contribution in [1.29, 1.82) is 0 Å². The van der Waals surface area contributed by atoms with Gasteiger partial charge in [-0.3, -0.25) is 0 Å². The average Bonchev–Trinajstić information content (AvgIpc) is 2.24. The van der Waals surface area contributed by atoms with Gasteiger partial charge in [0.15, 0.2) is 0 Å². The molecule has 0 saturated carbocycles. The van der Waals surface area contributed by atoms with E-state index in [2.05, 4.69) is 29.1 Å². The lowest BCUT2D eigenvalue weighted by Crippen LogP contribution is -2.21. The van der Waals surface area contributed by atoms with Crippen molar-refractivity contribution in [2.24, 2.45) is 0 Å². The molecule has 0 aliphatic rings. The Labute approximate surface area is 98.7 Å². The Morgan fingerprint density at radius 2 is 2.06 bits per heavy atom. The minimum absolute atomic E-state index is 0.345. The van der Waals surface area contributed by atoms with Crippen molar-refractivity contribution in [3.05, 3.63) is 23.3 Å². The van der Waals surface area contributed by atoms with Crippen molar-refractivity contribution in [3.63, 3.8) is 0 Å². The fourth-order valence-corrected chi connectivity index (χ4v) is 1.82. The van der Waals surface area contributed by atoms with Crippen molar-refractivity contribution >= 4 is 0 Å². The number of aromatic nitrogens is 2. The molecular weight excluding hydrogens is 198 g/mol. The molecule has 1 heterocycles. The zero-order valence-electron chi connectivity index (χ0n) is 10.9. The first-order valence-corrected chi connectivity index (χ1v) is 6.18. The van der Waals surface area contributed by atoms with E-state index in [0.717, 1.165) is 18.1 Å². The molecular formula is C13H23N3. The van der Waals surface area contributed by atoms with Gasteiger partial charge in [0.05, 0.1) is 0 Å². The lowest BCUT2D eigenvalue weighted by atomic mass is 10.1. The molecule has 1 N–H and O–H groups in total. The van der Waals surface area contributed by atoms with Crippen LogP contribution in [0, 0.1) is 13.8 Å². The van der Waals surface area contributed by atoms with Crippen LogP contribution in [0.2, 0.25) is 0 Å². The zero-order chi connectivity index (χ0) is 12.0. The monoisotopic (exact) mass is 221 g/mol. The Morgan fingerprint density at radius 1 is 1.31 bits per heavy atom. The van der Waals surface area contributed by atoms with Gasteiger partial charge in [0.1, 0.15) is 5.82 Å². The van der Waals surface area contributed by atoms with Crippen LogP contribution in [0.4, 0.5) is 0 Å². The van der Waals surface area contributed by atoms with Crippen molar-refractivity contribution in [2.45, 2.75) is 53.0 Å². The highest BCUT2D eigenvalue weighted by atomic mass is 14.9. The summed E-state index contributed by atoms with van der Waals surface area (Å²) in [5.74, 6) is 0.847. The number of hydrogen-bond donors (Lipinski definition) is 1. The summed E-state index contributed by atoms with van der Waals surface area (Å²) in [7, 11) is 0. The Morgan fingerprint density at radius 3 is 2.69 bits per heavy atom. The van der Waals surface area contributed by atoms with Crippen LogP contribution < -0.4 is 5.32 Å². The van der Waals surface area contributed by atoms with Crippen LogP contribution in [0.25, 0.3) is 0 Å². The number of nitrogens with zero attached hydrogens (tertiary/aromatic N) is 2. The molecule has 1 atom stereocenters. The first-order chi connectivity index (χ1) is 7.65. The summed E-state index contributed by atoms with van der Waals surface area (Å²) >= 11 is 0. The van der Waals surface area contributed by atoms with E-state index in [1.54, 1.807) is 0 Å². The fraction of sp³-hybridized carbons (Fsp3) is 0.692. The molecule has 0 aromatic carbocycles. The minimum Gasteiger partial charge on any atom is -0.310 e. The third-order valence-corrected chi connectivity index (χ3v) is 2.84. The standard InChI is InChI=1S/C13H23N3/c1-5-6-7-8-14-10(2)13-9-15-12(4)16-11(13)3/h9-10,14H,5-8H2,1-4H3. The Kier molecular flexibility index (Phi) is 5.39. The van der Waals surface area contributed by atoms with Crippen molar-refractivity contribution in [1.82, 2.24) is 15.3 Å². The third-order valence-electron chi connectivity index (χ3n) is 2.84. The van der Waals surface area contributed by atoms with Crippen LogP contribution in [0.5, 0.6) is 0 Å². The van der Waals surface area contributed by atoms with Gasteiger partial charge < -0.3 is 5.32 Å². The van der Waals surface area contributed by atoms with E-state index in [1.807, 2.05) is 20.0 Å². The summed E-state index contributed by atoms with van der Waals surface area (Å²) in [6, 6.07) is 0.345. The van der Waals surface area contributed by atoms with Gasteiger partial charge in [-0.15, -0.1) is 0 Å². The van der Waals surface area contributed by atoms with Gasteiger partial charge >= 0.3 is 0 Å². The maximum absolute atomic E-state index is 4.39. The van der Waals surface area contributed by atoms with E-state index in [9.17, 15) is 0 Å². The molecule has 90 valence electrons. The van der Waals surface area contributed by atoms with E-state index in [1.165, 1.54) is 24.8 Å². The van der Waals surface area contributed by atoms with E-state index in [0.29, 0.717) is 6.04 Å². The molecule has 1 unspecified atom stereocenters. The summed E-state index contributed by atoms with van der Waals surface area (Å²) in [4.78, 5) is 8.64. The molecule has 0 aliphatic heterocycles. The van der Waals surface area contributed by atoms with Gasteiger partial charge in [-0.25, -0.2) is 9.97 Å². The molecule has 3 heteroatoms. The van der Waals surface area contributed by atoms with Gasteiger partial charge in [-0.2, -0.15) is 0 Å². The molecule has 0 radical (unpaired) electrons. The highest BCUT2D eigenvalue weighted by Crippen LogP contribution is 2.14. The number of aryl methyl sites for hydroxylation is 2. The summed E-state index contributed by atoms with van der Waals surface area (Å²) in [6.07, 6.45) is 5.74. The second kappa shape index (κ2) is 6.59. The summed E-state index contributed by atoms with van der Waals surface area (Å²) < 4.78 is 0. The van der Waals surface area contributed by atoms with Gasteiger partial charge in [-0.1, -0.05) is 19.8 Å². The predicted molar refractivity (Wildman–Crippen MR) is 67.4 cm³/mol. The molecule has 16 heavy (non-hydrogen) atoms. The van der Waals surface area contributed by atoms with Crippen LogP contribution in [0.1, 0.15) is 56.2 Å². The van der Waals surface area contributed by atoms with Crippen LogP contribution in [0.3, 0.4) is 0 Å². The predicted octanol–water partition coefficient (Wildman–Crippen LogP) is 2.93. The van der Waals surface area contributed by atoms with Crippen molar-refractivity contribution < 1.29 is 0 Å². The zero-order valence-corrected chi connectivity index (χ0v) is 10.9. The molecule has 0 bridgehead atoms. The van der Waals surface area contributed by atoms with Gasteiger partial charge in [0.25, 0.3) is 0 Å². The molecule has 1 aromatic heterocycles. The van der Waals surface area contributed by atoms with Gasteiger partial charge in [0, 0.05) is 23.5 Å². The van der Waals surface area contributed by atoms with Gasteiger partial charge in [0.2, 0.25) is 0 Å². The van der Waals surface area contributed by atoms with Crippen molar-refractivity contribution in [3.8, 4) is 0 Å². The molecule has 0 spiro atoms. The molecule has 0 aliphatic carbocycles. The molecule has 0 amide bonds. The highest BCUT2D eigenvalue weighted by Gasteiger charge is 2.08. The summed E-state index contributed by atoms with van der Waals surface area (Å²) in [5, 5.41) is 3.51. The fourth-order valence-electron chi connectivity index (χ4n) is 1.82. The van der Waals surface area contributed by atoms with Crippen molar-refractivity contribution in [2.75, 3.05) is 6.54 Å². The minimum atomic E-state index is 0.345. The number of rotatable bonds is 6. The number of nitrogens with one attached hydrogen (secondary N) is 1. The quantitative estimate of drug-likeness (QED) is 0.750. The first-order valence-electron chi connectivity index (χ1n) is 6.18. The molecule has 1 rings (SSSR count). The second-order valence-electron chi connectivity index (χ2n) is 4.34. The average molecular weight is 221 g/mol. The topological polar surface area (TPSA) is 37.8 Å². The van der Waals surface area contributed by atoms with E-state index >= 15 is 0 Å². The smallest absolute Gasteiger partial charge is 0.125 e. The number of unbranched alkanes of at least 4 members (excludes halogenated alkanes) is 2. The van der Waals surface area contributed by atoms with Crippen LogP contribution in [0.15, 0.2) is 6.20 Å². The van der Waals surface area contributed by atoms with E-state index in [4.69, 9.17) is 0 Å². The lowest BCUT2D eigenvalue weighted by molar-refractivity contribution is 0.538. The maximum atomic E-state index is 4.39. The second-order valence-corrected chi connectivity index (χ2v) is 4.34. The largest absolute Gasteiger partial charge is 0.310 e. The highest BCUT2D eigenvalue weighted by molar-refractivity contribution is 5.19. The normalized spacial score (nSPS) is 12.8. The van der Waals surface area contributed by atoms with E-state index < -0.39 is 0 Å². The molecule has 0 fully saturated rings. The van der Waals surface area contributed by atoms with Gasteiger partial charge in [-0.05, 0) is 33.7 Å². The Bertz CT molecular complexity index is 323. The summed E-state index contributed by atoms with van der Waals surface area (Å²) in [6.45, 7) is 9.45. The van der Waals surface area contributed by atoms with Crippen LogP contribution in [-0.2, 0) is 0 Å². The Balaban J connectivity index is 2.49. The molecule has 3 nitrogen and oxygen atoms in total. The third kappa shape index (κ3) is 3.89. The molecule has 1 aromatic rings. The summed E-state index contributed by atoms with van der Waals surface area (Å²) in [5.41, 5.74) is 2.30. The van der Waals surface area contributed by atoms with E-state index in [-0.39, 0.29) is 0 Å². The molecule has 0 saturated heterocycles. The number of hydrogen-bond acceptors (Lipinski definition) is 3.